The lowest BCUT2D eigenvalue weighted by molar-refractivity contribution is 0.617. The van der Waals surface area contributed by atoms with Crippen LogP contribution in [-0.2, 0) is 6.54 Å². The number of guanidine groups is 1. The molecule has 0 saturated carbocycles. The first-order valence-corrected chi connectivity index (χ1v) is 6.84. The van der Waals surface area contributed by atoms with Gasteiger partial charge in [-0.2, -0.15) is 0 Å². The number of aryl methyl sites for hydroxylation is 3. The van der Waals surface area contributed by atoms with Gasteiger partial charge < -0.3 is 11.1 Å². The van der Waals surface area contributed by atoms with Gasteiger partial charge >= 0.3 is 0 Å². The lowest BCUT2D eigenvalue weighted by atomic mass is 10.1. The number of nitrogens with one attached hydrogen (secondary N) is 1. The second kappa shape index (κ2) is 8.12. The quantitative estimate of drug-likeness (QED) is 0.448. The number of rotatable bonds is 3. The molecule has 0 aliphatic carbocycles. The van der Waals surface area contributed by atoms with Crippen LogP contribution in [0.3, 0.4) is 0 Å². The van der Waals surface area contributed by atoms with Gasteiger partial charge in [-0.3, -0.25) is 0 Å². The average molecular weight is 413 g/mol. The summed E-state index contributed by atoms with van der Waals surface area (Å²) in [6.07, 6.45) is 0. The molecule has 3 N–H and O–H groups in total. The number of hydrogen-bond acceptors (Lipinski definition) is 1. The molecule has 0 radical (unpaired) electrons. The first-order valence-electron chi connectivity index (χ1n) is 6.84. The second-order valence-electron chi connectivity index (χ2n) is 5.29. The van der Waals surface area contributed by atoms with Crippen molar-refractivity contribution >= 4 is 35.6 Å². The van der Waals surface area contributed by atoms with E-state index in [1.54, 1.807) is 19.1 Å². The molecule has 0 spiro atoms. The Labute approximate surface area is 147 Å². The van der Waals surface area contributed by atoms with E-state index in [9.17, 15) is 4.39 Å². The molecule has 0 unspecified atom stereocenters. The molecule has 2 rings (SSSR count). The number of halogens is 2. The Hall–Kier alpha value is -1.63. The van der Waals surface area contributed by atoms with Gasteiger partial charge in [0, 0.05) is 5.69 Å². The van der Waals surface area contributed by atoms with Crippen molar-refractivity contribution in [1.29, 1.82) is 0 Å². The summed E-state index contributed by atoms with van der Waals surface area (Å²) in [4.78, 5) is 4.28. The monoisotopic (exact) mass is 413 g/mol. The molecule has 0 aliphatic rings. The maximum absolute atomic E-state index is 13.2. The lowest BCUT2D eigenvalue weighted by Crippen LogP contribution is -2.22. The summed E-state index contributed by atoms with van der Waals surface area (Å²) in [5.41, 5.74) is 10.7. The molecule has 0 aliphatic heterocycles. The molecule has 0 heterocycles. The molecule has 0 saturated heterocycles. The molecule has 0 aromatic heterocycles. The van der Waals surface area contributed by atoms with Crippen molar-refractivity contribution in [3.63, 3.8) is 0 Å². The van der Waals surface area contributed by atoms with Crippen molar-refractivity contribution in [3.05, 3.63) is 64.5 Å². The van der Waals surface area contributed by atoms with Gasteiger partial charge in [-0.25, -0.2) is 9.38 Å². The largest absolute Gasteiger partial charge is 0.370 e. The van der Waals surface area contributed by atoms with Crippen molar-refractivity contribution in [2.45, 2.75) is 27.3 Å². The van der Waals surface area contributed by atoms with E-state index >= 15 is 0 Å². The fourth-order valence-corrected chi connectivity index (χ4v) is 2.22. The first kappa shape index (κ1) is 18.4. The van der Waals surface area contributed by atoms with E-state index in [0.29, 0.717) is 18.1 Å². The minimum Gasteiger partial charge on any atom is -0.370 e. The molecule has 0 fully saturated rings. The molecular weight excluding hydrogens is 392 g/mol. The van der Waals surface area contributed by atoms with Crippen LogP contribution >= 0.6 is 24.0 Å². The van der Waals surface area contributed by atoms with Crippen LogP contribution in [0.2, 0.25) is 0 Å². The Kier molecular flexibility index (Phi) is 6.80. The Bertz CT molecular complexity index is 663. The number of anilines is 1. The number of benzene rings is 2. The van der Waals surface area contributed by atoms with Gasteiger partial charge in [0.05, 0.1) is 6.54 Å². The molecule has 0 amide bonds. The van der Waals surface area contributed by atoms with Crippen LogP contribution in [0.25, 0.3) is 0 Å². The van der Waals surface area contributed by atoms with Crippen LogP contribution in [0.15, 0.2) is 41.4 Å². The normalized spacial score (nSPS) is 11.0. The summed E-state index contributed by atoms with van der Waals surface area (Å²) in [6.45, 7) is 6.23. The van der Waals surface area contributed by atoms with Crippen molar-refractivity contribution < 1.29 is 4.39 Å². The zero-order valence-electron chi connectivity index (χ0n) is 13.0. The van der Waals surface area contributed by atoms with Gasteiger partial charge in [-0.15, -0.1) is 24.0 Å². The molecule has 22 heavy (non-hydrogen) atoms. The molecular formula is C17H21FIN3. The first-order chi connectivity index (χ1) is 9.94. The third-order valence-corrected chi connectivity index (χ3v) is 3.15. The van der Waals surface area contributed by atoms with Gasteiger partial charge in [0.25, 0.3) is 0 Å². The van der Waals surface area contributed by atoms with Crippen LogP contribution in [0.4, 0.5) is 10.1 Å². The number of nitrogens with two attached hydrogens (primary N) is 1. The topological polar surface area (TPSA) is 50.4 Å². The highest BCUT2D eigenvalue weighted by Gasteiger charge is 2.00. The molecule has 3 nitrogen and oxygen atoms in total. The Morgan fingerprint density at radius 1 is 1.09 bits per heavy atom. The van der Waals surface area contributed by atoms with Crippen molar-refractivity contribution in [1.82, 2.24) is 0 Å². The third kappa shape index (κ3) is 5.29. The predicted octanol–water partition coefficient (Wildman–Crippen LogP) is 4.30. The van der Waals surface area contributed by atoms with Crippen molar-refractivity contribution in [2.24, 2.45) is 10.7 Å². The molecule has 0 atom stereocenters. The minimum absolute atomic E-state index is 0. The van der Waals surface area contributed by atoms with Gasteiger partial charge in [0.15, 0.2) is 5.96 Å². The summed E-state index contributed by atoms with van der Waals surface area (Å²) >= 11 is 0. The SMILES string of the molecule is Cc1cc(C)cc(NC(N)=NCc2ccc(F)c(C)c2)c1.I. The third-order valence-electron chi connectivity index (χ3n) is 3.15. The van der Waals surface area contributed by atoms with E-state index in [4.69, 9.17) is 5.73 Å². The van der Waals surface area contributed by atoms with Gasteiger partial charge in [0.1, 0.15) is 5.82 Å². The van der Waals surface area contributed by atoms with Crippen LogP contribution < -0.4 is 11.1 Å². The van der Waals surface area contributed by atoms with E-state index in [2.05, 4.69) is 16.4 Å². The van der Waals surface area contributed by atoms with Crippen LogP contribution in [0.5, 0.6) is 0 Å². The summed E-state index contributed by atoms with van der Waals surface area (Å²) < 4.78 is 13.2. The van der Waals surface area contributed by atoms with Crippen molar-refractivity contribution in [3.8, 4) is 0 Å². The van der Waals surface area contributed by atoms with Crippen LogP contribution in [-0.4, -0.2) is 5.96 Å². The van der Waals surface area contributed by atoms with E-state index in [1.165, 1.54) is 17.2 Å². The maximum atomic E-state index is 13.2. The number of hydrogen-bond donors (Lipinski definition) is 2. The fraction of sp³-hybridized carbons (Fsp3) is 0.235. The van der Waals surface area contributed by atoms with Crippen LogP contribution in [0.1, 0.15) is 22.3 Å². The van der Waals surface area contributed by atoms with E-state index in [-0.39, 0.29) is 29.8 Å². The number of aliphatic imine (C=N–C) groups is 1. The van der Waals surface area contributed by atoms with Gasteiger partial charge in [-0.1, -0.05) is 18.2 Å². The Balaban J connectivity index is 0.00000242. The summed E-state index contributed by atoms with van der Waals surface area (Å²) in [6, 6.07) is 11.1. The summed E-state index contributed by atoms with van der Waals surface area (Å²) in [5.74, 6) is 0.144. The molecule has 118 valence electrons. The highest BCUT2D eigenvalue weighted by Crippen LogP contribution is 2.14. The van der Waals surface area contributed by atoms with Gasteiger partial charge in [0.2, 0.25) is 0 Å². The zero-order chi connectivity index (χ0) is 15.4. The average Bonchev–Trinajstić information content (AvgIpc) is 2.39. The van der Waals surface area contributed by atoms with Gasteiger partial charge in [-0.05, 0) is 61.2 Å². The Morgan fingerprint density at radius 2 is 1.73 bits per heavy atom. The number of nitrogens with zero attached hydrogens (tertiary/aromatic N) is 1. The van der Waals surface area contributed by atoms with E-state index in [1.807, 2.05) is 26.0 Å². The maximum Gasteiger partial charge on any atom is 0.193 e. The smallest absolute Gasteiger partial charge is 0.193 e. The van der Waals surface area contributed by atoms with E-state index in [0.717, 1.165) is 11.3 Å². The minimum atomic E-state index is -0.205. The zero-order valence-corrected chi connectivity index (χ0v) is 15.3. The standard InChI is InChI=1S/C17H20FN3.HI/c1-11-6-12(2)8-15(7-11)21-17(19)20-10-14-4-5-16(18)13(3)9-14;/h4-9H,10H2,1-3H3,(H3,19,20,21);1H. The van der Waals surface area contributed by atoms with E-state index < -0.39 is 0 Å². The predicted molar refractivity (Wildman–Crippen MR) is 101 cm³/mol. The molecule has 2 aromatic rings. The lowest BCUT2D eigenvalue weighted by Gasteiger charge is -2.08. The summed E-state index contributed by atoms with van der Waals surface area (Å²) in [7, 11) is 0. The Morgan fingerprint density at radius 3 is 2.32 bits per heavy atom. The second-order valence-corrected chi connectivity index (χ2v) is 5.29. The van der Waals surface area contributed by atoms with Crippen molar-refractivity contribution in [2.75, 3.05) is 5.32 Å². The fourth-order valence-electron chi connectivity index (χ4n) is 2.22. The van der Waals surface area contributed by atoms with Crippen LogP contribution in [0, 0.1) is 26.6 Å². The molecule has 2 aromatic carbocycles. The summed E-state index contributed by atoms with van der Waals surface area (Å²) in [5, 5.41) is 3.07. The highest BCUT2D eigenvalue weighted by atomic mass is 127. The highest BCUT2D eigenvalue weighted by molar-refractivity contribution is 14.0. The molecule has 0 bridgehead atoms. The molecule has 5 heteroatoms.